The number of benzene rings is 1. The Bertz CT molecular complexity index is 411. The Labute approximate surface area is 109 Å². The van der Waals surface area contributed by atoms with Crippen molar-refractivity contribution in [1.82, 2.24) is 0 Å². The molecule has 1 fully saturated rings. The summed E-state index contributed by atoms with van der Waals surface area (Å²) in [7, 11) is 0. The summed E-state index contributed by atoms with van der Waals surface area (Å²) in [5.74, 6) is 0.380. The van der Waals surface area contributed by atoms with Crippen LogP contribution in [0.15, 0.2) is 24.3 Å². The highest BCUT2D eigenvalue weighted by Gasteiger charge is 2.38. The number of aliphatic hydroxyl groups is 1. The van der Waals surface area contributed by atoms with E-state index < -0.39 is 5.60 Å². The van der Waals surface area contributed by atoms with Gasteiger partial charge in [-0.1, -0.05) is 32.9 Å². The molecule has 0 spiro atoms. The Kier molecular flexibility index (Phi) is 3.50. The van der Waals surface area contributed by atoms with Crippen molar-refractivity contribution in [2.24, 2.45) is 11.3 Å². The fourth-order valence-electron chi connectivity index (χ4n) is 3.03. The molecule has 0 bridgehead atoms. The quantitative estimate of drug-likeness (QED) is 0.790. The topological polar surface area (TPSA) is 20.2 Å². The van der Waals surface area contributed by atoms with Gasteiger partial charge in [0.25, 0.3) is 0 Å². The first kappa shape index (κ1) is 13.5. The third-order valence-electron chi connectivity index (χ3n) is 4.40. The zero-order valence-corrected chi connectivity index (χ0v) is 11.5. The van der Waals surface area contributed by atoms with Crippen LogP contribution in [0.2, 0.25) is 0 Å². The van der Waals surface area contributed by atoms with Crippen molar-refractivity contribution in [3.63, 3.8) is 0 Å². The third kappa shape index (κ3) is 2.74. The highest BCUT2D eigenvalue weighted by Crippen LogP contribution is 2.45. The minimum Gasteiger partial charge on any atom is -0.385 e. The summed E-state index contributed by atoms with van der Waals surface area (Å²) in [6, 6.07) is 6.41. The van der Waals surface area contributed by atoms with E-state index in [0.717, 1.165) is 31.2 Å². The molecule has 0 saturated heterocycles. The van der Waals surface area contributed by atoms with Crippen LogP contribution >= 0.6 is 0 Å². The number of rotatable bonds is 1. The van der Waals surface area contributed by atoms with Gasteiger partial charge in [-0.15, -0.1) is 0 Å². The Morgan fingerprint density at radius 2 is 1.83 bits per heavy atom. The van der Waals surface area contributed by atoms with Crippen LogP contribution in [-0.2, 0) is 5.60 Å². The molecule has 0 aliphatic heterocycles. The van der Waals surface area contributed by atoms with Gasteiger partial charge in [0, 0.05) is 0 Å². The van der Waals surface area contributed by atoms with Crippen LogP contribution in [0, 0.1) is 17.2 Å². The predicted octanol–water partition coefficient (Wildman–Crippen LogP) is 4.25. The van der Waals surface area contributed by atoms with Crippen molar-refractivity contribution in [1.29, 1.82) is 0 Å². The number of hydrogen-bond donors (Lipinski definition) is 1. The molecule has 0 amide bonds. The molecule has 1 aliphatic carbocycles. The normalized spacial score (nSPS) is 29.3. The summed E-state index contributed by atoms with van der Waals surface area (Å²) < 4.78 is 13.2. The van der Waals surface area contributed by atoms with Crippen LogP contribution in [0.3, 0.4) is 0 Å². The van der Waals surface area contributed by atoms with Gasteiger partial charge in [-0.05, 0) is 54.7 Å². The third-order valence-corrected chi connectivity index (χ3v) is 4.40. The first-order valence-electron chi connectivity index (χ1n) is 6.80. The molecule has 1 saturated carbocycles. The molecule has 100 valence electrons. The van der Waals surface area contributed by atoms with Crippen molar-refractivity contribution < 1.29 is 9.50 Å². The lowest BCUT2D eigenvalue weighted by molar-refractivity contribution is -0.0299. The maximum atomic E-state index is 13.2. The van der Waals surface area contributed by atoms with E-state index in [0.29, 0.717) is 11.3 Å². The minimum atomic E-state index is -0.830. The number of halogens is 1. The molecule has 0 aromatic heterocycles. The smallest absolute Gasteiger partial charge is 0.123 e. The lowest BCUT2D eigenvalue weighted by atomic mass is 9.67. The molecule has 1 aliphatic rings. The molecule has 18 heavy (non-hydrogen) atoms. The van der Waals surface area contributed by atoms with Crippen LogP contribution in [0.25, 0.3) is 0 Å². The average Bonchev–Trinajstić information content (AvgIpc) is 2.28. The fraction of sp³-hybridized carbons (Fsp3) is 0.625. The molecule has 1 aromatic carbocycles. The Morgan fingerprint density at radius 3 is 2.33 bits per heavy atom. The fourth-order valence-corrected chi connectivity index (χ4v) is 3.03. The molecule has 1 N–H and O–H groups in total. The molecule has 0 atom stereocenters. The largest absolute Gasteiger partial charge is 0.385 e. The van der Waals surface area contributed by atoms with Crippen LogP contribution in [0.5, 0.6) is 0 Å². The Hall–Kier alpha value is -0.890. The maximum absolute atomic E-state index is 13.2. The zero-order chi connectivity index (χ0) is 13.4. The predicted molar refractivity (Wildman–Crippen MR) is 71.7 cm³/mol. The highest BCUT2D eigenvalue weighted by atomic mass is 19.1. The van der Waals surface area contributed by atoms with E-state index in [-0.39, 0.29) is 5.82 Å². The van der Waals surface area contributed by atoms with E-state index >= 15 is 0 Å². The minimum absolute atomic E-state index is 0.265. The molecule has 2 heteroatoms. The van der Waals surface area contributed by atoms with Crippen LogP contribution < -0.4 is 0 Å². The summed E-state index contributed by atoms with van der Waals surface area (Å²) in [6.07, 6.45) is 3.49. The Morgan fingerprint density at radius 1 is 1.22 bits per heavy atom. The monoisotopic (exact) mass is 250 g/mol. The van der Waals surface area contributed by atoms with Crippen molar-refractivity contribution in [2.45, 2.75) is 52.1 Å². The molecule has 2 rings (SSSR count). The van der Waals surface area contributed by atoms with E-state index in [4.69, 9.17) is 0 Å². The summed E-state index contributed by atoms with van der Waals surface area (Å²) in [6.45, 7) is 6.76. The van der Waals surface area contributed by atoms with Gasteiger partial charge < -0.3 is 5.11 Å². The van der Waals surface area contributed by atoms with Crippen LogP contribution in [-0.4, -0.2) is 5.11 Å². The summed E-state index contributed by atoms with van der Waals surface area (Å²) in [4.78, 5) is 0. The summed E-state index contributed by atoms with van der Waals surface area (Å²) >= 11 is 0. The van der Waals surface area contributed by atoms with E-state index in [1.54, 1.807) is 6.07 Å². The lowest BCUT2D eigenvalue weighted by Crippen LogP contribution is -2.35. The van der Waals surface area contributed by atoms with Crippen molar-refractivity contribution in [2.75, 3.05) is 0 Å². The molecular weight excluding hydrogens is 227 g/mol. The molecule has 0 radical (unpaired) electrons. The van der Waals surface area contributed by atoms with Gasteiger partial charge in [-0.25, -0.2) is 4.39 Å². The van der Waals surface area contributed by atoms with Gasteiger partial charge in [0.1, 0.15) is 5.82 Å². The first-order valence-corrected chi connectivity index (χ1v) is 6.80. The maximum Gasteiger partial charge on any atom is 0.123 e. The van der Waals surface area contributed by atoms with Crippen LogP contribution in [0.1, 0.15) is 52.0 Å². The summed E-state index contributed by atoms with van der Waals surface area (Å²) in [5, 5.41) is 10.7. The lowest BCUT2D eigenvalue weighted by Gasteiger charge is -2.41. The standard InChI is InChI=1S/C16H23FO/c1-15(2,3)12-7-9-16(18,10-8-12)13-5-4-6-14(17)11-13/h4-6,11-12,18H,7-10H2,1-3H3. The summed E-state index contributed by atoms with van der Waals surface area (Å²) in [5.41, 5.74) is 0.197. The average molecular weight is 250 g/mol. The van der Waals surface area contributed by atoms with Gasteiger partial charge in [0.2, 0.25) is 0 Å². The van der Waals surface area contributed by atoms with Crippen molar-refractivity contribution >= 4 is 0 Å². The van der Waals surface area contributed by atoms with Gasteiger partial charge in [-0.3, -0.25) is 0 Å². The van der Waals surface area contributed by atoms with Crippen LogP contribution in [0.4, 0.5) is 4.39 Å². The zero-order valence-electron chi connectivity index (χ0n) is 11.5. The molecular formula is C16H23FO. The van der Waals surface area contributed by atoms with Gasteiger partial charge in [0.05, 0.1) is 5.60 Å². The van der Waals surface area contributed by atoms with Gasteiger partial charge in [-0.2, -0.15) is 0 Å². The molecule has 0 unspecified atom stereocenters. The number of hydrogen-bond acceptors (Lipinski definition) is 1. The molecule has 1 aromatic rings. The van der Waals surface area contributed by atoms with E-state index in [2.05, 4.69) is 20.8 Å². The van der Waals surface area contributed by atoms with Gasteiger partial charge in [0.15, 0.2) is 0 Å². The van der Waals surface area contributed by atoms with Crippen molar-refractivity contribution in [3.8, 4) is 0 Å². The van der Waals surface area contributed by atoms with Crippen molar-refractivity contribution in [3.05, 3.63) is 35.6 Å². The Balaban J connectivity index is 2.12. The SMILES string of the molecule is CC(C)(C)C1CCC(O)(c2cccc(F)c2)CC1. The van der Waals surface area contributed by atoms with E-state index in [1.807, 2.05) is 6.07 Å². The van der Waals surface area contributed by atoms with E-state index in [9.17, 15) is 9.50 Å². The second-order valence-electron chi connectivity index (χ2n) is 6.68. The van der Waals surface area contributed by atoms with Gasteiger partial charge >= 0.3 is 0 Å². The molecule has 0 heterocycles. The molecule has 1 nitrogen and oxygen atoms in total. The highest BCUT2D eigenvalue weighted by molar-refractivity contribution is 5.24. The second-order valence-corrected chi connectivity index (χ2v) is 6.68. The van der Waals surface area contributed by atoms with E-state index in [1.165, 1.54) is 12.1 Å². The first-order chi connectivity index (χ1) is 8.31. The second kappa shape index (κ2) is 4.65.